The zero-order valence-electron chi connectivity index (χ0n) is 20.3. The van der Waals surface area contributed by atoms with Crippen molar-refractivity contribution in [3.63, 3.8) is 0 Å². The van der Waals surface area contributed by atoms with Crippen LogP contribution in [0.4, 0.5) is 13.2 Å². The fraction of sp³-hybridized carbons (Fsp3) is 0.125. The number of sulfonamides is 1. The molecule has 1 amide bonds. The summed E-state index contributed by atoms with van der Waals surface area (Å²) >= 11 is 0. The van der Waals surface area contributed by atoms with E-state index in [1.54, 1.807) is 24.3 Å². The Hall–Kier alpha value is -2.19. The Bertz CT molecular complexity index is 1570. The van der Waals surface area contributed by atoms with E-state index >= 15 is 0 Å². The van der Waals surface area contributed by atoms with Gasteiger partial charge in [0.2, 0.25) is 0 Å². The summed E-state index contributed by atoms with van der Waals surface area (Å²) in [6.07, 6.45) is -6.05. The smallest absolute Gasteiger partial charge is 0.550 e. The number of nitrogens with zero attached hydrogens (tertiary/aromatic N) is 3. The summed E-state index contributed by atoms with van der Waals surface area (Å²) in [5, 5.41) is 15.8. The minimum Gasteiger partial charge on any atom is -0.550 e. The van der Waals surface area contributed by atoms with E-state index in [1.165, 1.54) is 12.1 Å². The number of carboxylic acids is 1. The fourth-order valence-corrected chi connectivity index (χ4v) is 4.42. The van der Waals surface area contributed by atoms with Crippen LogP contribution in [-0.2, 0) is 25.8 Å². The average Bonchev–Trinajstić information content (AvgIpc) is 3.28. The van der Waals surface area contributed by atoms with Gasteiger partial charge in [-0.25, -0.2) is 13.1 Å². The van der Waals surface area contributed by atoms with Crippen molar-refractivity contribution in [3.05, 3.63) is 83.2 Å². The van der Waals surface area contributed by atoms with Gasteiger partial charge < -0.3 is 19.4 Å². The zero-order valence-corrected chi connectivity index (χ0v) is 25.1. The molecule has 0 radical (unpaired) electrons. The number of rotatable bonds is 7. The number of carbonyl (C=O) groups excluding carboxylic acids is 2. The number of aromatic nitrogens is 2. The molecular weight excluding hydrogens is 545 g/mol. The topological polar surface area (TPSA) is 123 Å². The van der Waals surface area contributed by atoms with Gasteiger partial charge in [0, 0.05) is 11.5 Å². The molecule has 38 heavy (non-hydrogen) atoms. The molecule has 4 aromatic rings. The summed E-state index contributed by atoms with van der Waals surface area (Å²) < 4.78 is 69.3. The van der Waals surface area contributed by atoms with Crippen molar-refractivity contribution >= 4 is 32.7 Å². The Kier molecular flexibility index (Phi) is 10.8. The Balaban J connectivity index is 0.00000253. The monoisotopic (exact) mass is 561 g/mol. The van der Waals surface area contributed by atoms with Crippen LogP contribution in [0.1, 0.15) is 18.5 Å². The summed E-state index contributed by atoms with van der Waals surface area (Å²) in [5.74, 6) is -2.69. The maximum absolute atomic E-state index is 13.5. The van der Waals surface area contributed by atoms with Gasteiger partial charge in [-0.05, 0) is 60.0 Å². The molecule has 0 spiro atoms. The molecule has 14 heteroatoms. The second-order valence-corrected chi connectivity index (χ2v) is 9.32. The van der Waals surface area contributed by atoms with Crippen LogP contribution >= 0.6 is 0 Å². The van der Waals surface area contributed by atoms with E-state index in [0.717, 1.165) is 33.7 Å². The molecule has 0 bridgehead atoms. The number of fused-ring (bicyclic) bond motifs is 1. The summed E-state index contributed by atoms with van der Waals surface area (Å²) in [6.45, 7) is 0. The molecule has 0 unspecified atom stereocenters. The quantitative estimate of drug-likeness (QED) is 0.237. The number of hydrogen-bond donors (Lipinski definition) is 0. The maximum Gasteiger partial charge on any atom is 1.00 e. The molecule has 8 nitrogen and oxygen atoms in total. The van der Waals surface area contributed by atoms with Gasteiger partial charge in [0.1, 0.15) is 10.0 Å². The number of alkyl halides is 3. The van der Waals surface area contributed by atoms with Crippen LogP contribution < -0.4 is 64.2 Å². The molecule has 0 aliphatic rings. The van der Waals surface area contributed by atoms with Crippen LogP contribution in [-0.4, -0.2) is 30.1 Å². The van der Waals surface area contributed by atoms with Crippen molar-refractivity contribution in [2.75, 3.05) is 0 Å². The first-order valence-electron chi connectivity index (χ1n) is 10.4. The van der Waals surface area contributed by atoms with Crippen molar-refractivity contribution in [1.82, 2.24) is 9.78 Å². The van der Waals surface area contributed by atoms with Gasteiger partial charge in [0.25, 0.3) is 0 Å². The van der Waals surface area contributed by atoms with E-state index in [0.29, 0.717) is 5.56 Å². The average molecular weight is 561 g/mol. The molecule has 0 aliphatic carbocycles. The molecule has 186 valence electrons. The van der Waals surface area contributed by atoms with Gasteiger partial charge in [-0.2, -0.15) is 18.3 Å². The number of carboxylic acid groups (broad SMARTS) is 1. The Morgan fingerprint density at radius 2 is 1.53 bits per heavy atom. The van der Waals surface area contributed by atoms with Crippen molar-refractivity contribution < 1.29 is 95.4 Å². The molecule has 0 atom stereocenters. The Labute approximate surface area is 259 Å². The van der Waals surface area contributed by atoms with E-state index < -0.39 is 51.5 Å². The van der Waals surface area contributed by atoms with Crippen LogP contribution in [0.2, 0.25) is 0 Å². The zero-order chi connectivity index (χ0) is 26.1. The number of amides is 1. The second-order valence-electron chi connectivity index (χ2n) is 7.71. The van der Waals surface area contributed by atoms with Crippen LogP contribution in [0.3, 0.4) is 0 Å². The second kappa shape index (κ2) is 12.8. The van der Waals surface area contributed by atoms with Crippen LogP contribution in [0.15, 0.2) is 77.7 Å². The van der Waals surface area contributed by atoms with E-state index in [2.05, 4.69) is 9.82 Å². The van der Waals surface area contributed by atoms with Gasteiger partial charge >= 0.3 is 65.3 Å². The largest absolute Gasteiger partial charge is 1.00 e. The van der Waals surface area contributed by atoms with Gasteiger partial charge in [-0.3, -0.25) is 0 Å². The first kappa shape index (κ1) is 32.0. The summed E-state index contributed by atoms with van der Waals surface area (Å²) in [4.78, 5) is 21.7. The molecule has 0 fully saturated rings. The molecule has 0 saturated heterocycles. The van der Waals surface area contributed by atoms with Crippen LogP contribution in [0, 0.1) is 0 Å². The number of benzene rings is 3. The Morgan fingerprint density at radius 3 is 2.13 bits per heavy atom. The summed E-state index contributed by atoms with van der Waals surface area (Å²) in [6, 6.07) is 18.0. The van der Waals surface area contributed by atoms with Gasteiger partial charge in [0.15, 0.2) is 5.69 Å². The molecule has 4 rings (SSSR count). The Morgan fingerprint density at radius 1 is 0.895 bits per heavy atom. The van der Waals surface area contributed by atoms with Gasteiger partial charge in [-0.1, -0.05) is 36.4 Å². The summed E-state index contributed by atoms with van der Waals surface area (Å²) in [7, 11) is -4.46. The van der Waals surface area contributed by atoms with Gasteiger partial charge in [0.05, 0.1) is 22.2 Å². The van der Waals surface area contributed by atoms with Crippen molar-refractivity contribution in [1.29, 1.82) is 0 Å². The van der Waals surface area contributed by atoms with E-state index in [4.69, 9.17) is 0 Å². The van der Waals surface area contributed by atoms with Crippen LogP contribution in [0.25, 0.3) is 32.4 Å². The number of halogens is 3. The number of carbonyl (C=O) groups is 2. The minimum absolute atomic E-state index is 0. The first-order valence-corrected chi connectivity index (χ1v) is 11.9. The SMILES string of the molecule is O=C([O-])CCC(=O)[N-]S(=O)(=O)c1ccc(-n2nc(C(F)(F)F)cc2-c2ccc3ccccc3c2)cc1.[Na+].[Na+]. The van der Waals surface area contributed by atoms with Crippen molar-refractivity contribution in [2.24, 2.45) is 0 Å². The number of aliphatic carboxylic acids is 1. The summed E-state index contributed by atoms with van der Waals surface area (Å²) in [5.41, 5.74) is -0.403. The van der Waals surface area contributed by atoms with Crippen molar-refractivity contribution in [3.8, 4) is 16.9 Å². The minimum atomic E-state index is -4.72. The number of hydrogen-bond acceptors (Lipinski definition) is 6. The third-order valence-corrected chi connectivity index (χ3v) is 6.50. The fourth-order valence-electron chi connectivity index (χ4n) is 3.47. The third kappa shape index (κ3) is 7.47. The molecule has 3 aromatic carbocycles. The normalized spacial score (nSPS) is 11.3. The maximum atomic E-state index is 13.5. The molecule has 0 aliphatic heterocycles. The van der Waals surface area contributed by atoms with Crippen molar-refractivity contribution in [2.45, 2.75) is 23.9 Å². The molecule has 1 aromatic heterocycles. The molecule has 0 N–H and O–H groups in total. The standard InChI is InChI=1S/C24H18F3N3O5S.2Na/c25-24(26,27)21-14-20(17-6-5-15-3-1-2-4-16(15)13-17)30(28-21)18-7-9-19(10-8-18)36(34,35)29-22(31)11-12-23(32)33;;/h1-10,13-14H,11-12H2,(H2,29,31,32,33);;/q;2*+1/p-2. The molecule has 1 heterocycles. The third-order valence-electron chi connectivity index (χ3n) is 5.19. The van der Waals surface area contributed by atoms with Gasteiger partial charge in [-0.15, -0.1) is 0 Å². The van der Waals surface area contributed by atoms with E-state index in [9.17, 15) is 36.3 Å². The van der Waals surface area contributed by atoms with E-state index in [-0.39, 0.29) is 70.5 Å². The predicted octanol–water partition coefficient (Wildman–Crippen LogP) is -2.16. The molecule has 0 saturated carbocycles. The van der Waals surface area contributed by atoms with E-state index in [1.807, 2.05) is 18.2 Å². The molecular formula is C24H16F3N3Na2O5S. The first-order chi connectivity index (χ1) is 16.9. The predicted molar refractivity (Wildman–Crippen MR) is 121 cm³/mol. The van der Waals surface area contributed by atoms with Crippen LogP contribution in [0.5, 0.6) is 0 Å².